The Balaban J connectivity index is 2.05. The fourth-order valence-corrected chi connectivity index (χ4v) is 2.54. The van der Waals surface area contributed by atoms with Crippen LogP contribution < -0.4 is 0 Å². The maximum atomic E-state index is 5.77. The van der Waals surface area contributed by atoms with Crippen LogP contribution >= 0.6 is 0 Å². The van der Waals surface area contributed by atoms with Crippen LogP contribution in [-0.2, 0) is 4.74 Å². The summed E-state index contributed by atoms with van der Waals surface area (Å²) < 4.78 is 5.77. The molecule has 0 N–H and O–H groups in total. The average Bonchev–Trinajstić information content (AvgIpc) is 2.43. The van der Waals surface area contributed by atoms with E-state index in [9.17, 15) is 0 Å². The Morgan fingerprint density at radius 3 is 2.77 bits per heavy atom. The van der Waals surface area contributed by atoms with E-state index in [0.717, 1.165) is 19.7 Å². The zero-order valence-corrected chi connectivity index (χ0v) is 8.86. The molecule has 0 unspecified atom stereocenters. The normalized spacial score (nSPS) is 36.9. The summed E-state index contributed by atoms with van der Waals surface area (Å²) in [5.74, 6) is 0. The Kier molecular flexibility index (Phi) is 2.58. The lowest BCUT2D eigenvalue weighted by molar-refractivity contribution is -0.0582. The highest BCUT2D eigenvalue weighted by atomic mass is 16.5. The van der Waals surface area contributed by atoms with Gasteiger partial charge < -0.3 is 9.64 Å². The number of nitrogens with zero attached hydrogens (tertiary/aromatic N) is 2. The van der Waals surface area contributed by atoms with Crippen molar-refractivity contribution in [3.8, 4) is 0 Å². The third-order valence-corrected chi connectivity index (χ3v) is 3.19. The minimum Gasteiger partial charge on any atom is -0.374 e. The SMILES string of the molecule is CC(C)N1CCO[C@@H]2CN(C)C[C@H]21. The van der Waals surface area contributed by atoms with Gasteiger partial charge in [-0.15, -0.1) is 0 Å². The third kappa shape index (κ3) is 1.73. The van der Waals surface area contributed by atoms with Gasteiger partial charge in [-0.05, 0) is 20.9 Å². The van der Waals surface area contributed by atoms with E-state index in [1.165, 1.54) is 6.54 Å². The van der Waals surface area contributed by atoms with E-state index in [2.05, 4.69) is 30.7 Å². The summed E-state index contributed by atoms with van der Waals surface area (Å²) in [4.78, 5) is 4.95. The first kappa shape index (κ1) is 9.44. The van der Waals surface area contributed by atoms with E-state index in [1.54, 1.807) is 0 Å². The molecule has 0 aromatic carbocycles. The van der Waals surface area contributed by atoms with Gasteiger partial charge in [0.25, 0.3) is 0 Å². The molecule has 3 nitrogen and oxygen atoms in total. The molecule has 2 aliphatic rings. The van der Waals surface area contributed by atoms with Gasteiger partial charge in [0.1, 0.15) is 0 Å². The Morgan fingerprint density at radius 2 is 2.08 bits per heavy atom. The van der Waals surface area contributed by atoms with E-state index in [0.29, 0.717) is 18.2 Å². The van der Waals surface area contributed by atoms with Crippen LogP contribution in [0.4, 0.5) is 0 Å². The molecule has 3 heteroatoms. The number of likely N-dealkylation sites (tertiary alicyclic amines) is 1. The van der Waals surface area contributed by atoms with E-state index in [1.807, 2.05) is 0 Å². The first-order chi connectivity index (χ1) is 6.18. The lowest BCUT2D eigenvalue weighted by Crippen LogP contribution is -2.53. The number of rotatable bonds is 1. The number of hydrogen-bond acceptors (Lipinski definition) is 3. The summed E-state index contributed by atoms with van der Waals surface area (Å²) in [6.45, 7) is 8.85. The molecule has 2 saturated heterocycles. The molecule has 0 amide bonds. The topological polar surface area (TPSA) is 15.7 Å². The predicted molar refractivity (Wildman–Crippen MR) is 52.9 cm³/mol. The molecule has 2 heterocycles. The van der Waals surface area contributed by atoms with Gasteiger partial charge in [0.15, 0.2) is 0 Å². The van der Waals surface area contributed by atoms with Crippen molar-refractivity contribution in [3.63, 3.8) is 0 Å². The van der Waals surface area contributed by atoms with Crippen LogP contribution in [0.3, 0.4) is 0 Å². The minimum atomic E-state index is 0.459. The van der Waals surface area contributed by atoms with Gasteiger partial charge in [-0.2, -0.15) is 0 Å². The fraction of sp³-hybridized carbons (Fsp3) is 1.00. The van der Waals surface area contributed by atoms with Gasteiger partial charge in [0.05, 0.1) is 18.8 Å². The van der Waals surface area contributed by atoms with E-state index < -0.39 is 0 Å². The number of likely N-dealkylation sites (N-methyl/N-ethyl adjacent to an activating group) is 1. The summed E-state index contributed by atoms with van der Waals surface area (Å²) in [7, 11) is 2.18. The minimum absolute atomic E-state index is 0.459. The van der Waals surface area contributed by atoms with Crippen molar-refractivity contribution in [3.05, 3.63) is 0 Å². The Labute approximate surface area is 80.6 Å². The molecule has 0 spiro atoms. The Hall–Kier alpha value is -0.120. The molecule has 0 aliphatic carbocycles. The molecule has 0 saturated carbocycles. The molecule has 0 aromatic heterocycles. The van der Waals surface area contributed by atoms with E-state index >= 15 is 0 Å². The molecular formula is C10H20N2O. The van der Waals surface area contributed by atoms with Gasteiger partial charge in [-0.3, -0.25) is 4.90 Å². The average molecular weight is 184 g/mol. The molecule has 2 aliphatic heterocycles. The van der Waals surface area contributed by atoms with Crippen molar-refractivity contribution < 1.29 is 4.74 Å². The third-order valence-electron chi connectivity index (χ3n) is 3.19. The van der Waals surface area contributed by atoms with Crippen LogP contribution in [0.15, 0.2) is 0 Å². The molecule has 13 heavy (non-hydrogen) atoms. The molecule has 2 atom stereocenters. The van der Waals surface area contributed by atoms with Crippen LogP contribution in [-0.4, -0.2) is 61.3 Å². The molecule has 0 aromatic rings. The number of morpholine rings is 1. The summed E-state index contributed by atoms with van der Waals surface area (Å²) >= 11 is 0. The summed E-state index contributed by atoms with van der Waals surface area (Å²) in [6, 6.07) is 1.29. The van der Waals surface area contributed by atoms with Gasteiger partial charge in [-0.25, -0.2) is 0 Å². The highest BCUT2D eigenvalue weighted by Crippen LogP contribution is 2.23. The first-order valence-corrected chi connectivity index (χ1v) is 5.24. The molecule has 2 fully saturated rings. The second-order valence-electron chi connectivity index (χ2n) is 4.53. The zero-order chi connectivity index (χ0) is 9.42. The number of hydrogen-bond donors (Lipinski definition) is 0. The van der Waals surface area contributed by atoms with Crippen molar-refractivity contribution in [2.45, 2.75) is 32.0 Å². The summed E-state index contributed by atoms with van der Waals surface area (Å²) in [5, 5.41) is 0. The second kappa shape index (κ2) is 3.56. The zero-order valence-electron chi connectivity index (χ0n) is 8.86. The second-order valence-corrected chi connectivity index (χ2v) is 4.53. The van der Waals surface area contributed by atoms with Crippen molar-refractivity contribution in [1.82, 2.24) is 9.80 Å². The smallest absolute Gasteiger partial charge is 0.0869 e. The maximum Gasteiger partial charge on any atom is 0.0869 e. The van der Waals surface area contributed by atoms with Crippen molar-refractivity contribution >= 4 is 0 Å². The van der Waals surface area contributed by atoms with E-state index in [4.69, 9.17) is 4.74 Å². The Bertz CT molecular complexity index is 184. The van der Waals surface area contributed by atoms with Gasteiger partial charge in [-0.1, -0.05) is 0 Å². The molecule has 2 rings (SSSR count). The van der Waals surface area contributed by atoms with Crippen LogP contribution in [0.25, 0.3) is 0 Å². The van der Waals surface area contributed by atoms with Crippen LogP contribution in [0.2, 0.25) is 0 Å². The van der Waals surface area contributed by atoms with Crippen LogP contribution in [0, 0.1) is 0 Å². The predicted octanol–water partition coefficient (Wildman–Crippen LogP) is 0.410. The Morgan fingerprint density at radius 1 is 1.31 bits per heavy atom. The molecule has 76 valence electrons. The van der Waals surface area contributed by atoms with E-state index in [-0.39, 0.29) is 0 Å². The van der Waals surface area contributed by atoms with Crippen molar-refractivity contribution in [2.24, 2.45) is 0 Å². The van der Waals surface area contributed by atoms with Gasteiger partial charge >= 0.3 is 0 Å². The highest BCUT2D eigenvalue weighted by Gasteiger charge is 2.39. The number of ether oxygens (including phenoxy) is 1. The lowest BCUT2D eigenvalue weighted by atomic mass is 10.1. The molecule has 0 radical (unpaired) electrons. The summed E-state index contributed by atoms with van der Waals surface area (Å²) in [6.07, 6.45) is 0.459. The molecular weight excluding hydrogens is 164 g/mol. The summed E-state index contributed by atoms with van der Waals surface area (Å²) in [5.41, 5.74) is 0. The lowest BCUT2D eigenvalue weighted by Gasteiger charge is -2.39. The van der Waals surface area contributed by atoms with Gasteiger partial charge in [0.2, 0.25) is 0 Å². The van der Waals surface area contributed by atoms with Crippen LogP contribution in [0.1, 0.15) is 13.8 Å². The van der Waals surface area contributed by atoms with Crippen LogP contribution in [0.5, 0.6) is 0 Å². The van der Waals surface area contributed by atoms with Gasteiger partial charge in [0, 0.05) is 25.7 Å². The maximum absolute atomic E-state index is 5.77. The molecule has 0 bridgehead atoms. The van der Waals surface area contributed by atoms with Crippen molar-refractivity contribution in [1.29, 1.82) is 0 Å². The highest BCUT2D eigenvalue weighted by molar-refractivity contribution is 4.94. The monoisotopic (exact) mass is 184 g/mol. The number of fused-ring (bicyclic) bond motifs is 1. The standard InChI is InChI=1S/C10H20N2O/c1-8(2)12-4-5-13-10-7-11(3)6-9(10)12/h8-10H,4-7H2,1-3H3/t9-,10-/m1/s1. The quantitative estimate of drug-likeness (QED) is 0.587. The largest absolute Gasteiger partial charge is 0.374 e. The fourth-order valence-electron chi connectivity index (χ4n) is 2.54. The van der Waals surface area contributed by atoms with Crippen molar-refractivity contribution in [2.75, 3.05) is 33.3 Å². The first-order valence-electron chi connectivity index (χ1n) is 5.24.